The van der Waals surface area contributed by atoms with E-state index in [0.29, 0.717) is 0 Å². The van der Waals surface area contributed by atoms with Gasteiger partial charge in [0.15, 0.2) is 0 Å². The molecule has 0 radical (unpaired) electrons. The second-order valence-corrected chi connectivity index (χ2v) is 4.74. The Morgan fingerprint density at radius 2 is 2.00 bits per heavy atom. The van der Waals surface area contributed by atoms with Crippen molar-refractivity contribution in [3.8, 4) is 0 Å². The first kappa shape index (κ1) is 13.9. The summed E-state index contributed by atoms with van der Waals surface area (Å²) in [5, 5.41) is 0. The fourth-order valence-corrected chi connectivity index (χ4v) is 2.44. The lowest BCUT2D eigenvalue weighted by Crippen LogP contribution is -2.39. The molecule has 0 saturated carbocycles. The van der Waals surface area contributed by atoms with Gasteiger partial charge in [0, 0.05) is 25.9 Å². The summed E-state index contributed by atoms with van der Waals surface area (Å²) in [7, 11) is 0. The number of nitrogens with two attached hydrogens (primary N) is 1. The van der Waals surface area contributed by atoms with E-state index < -0.39 is 0 Å². The first-order valence-electron chi connectivity index (χ1n) is 6.72. The van der Waals surface area contributed by atoms with E-state index >= 15 is 0 Å². The maximum absolute atomic E-state index is 6.26. The molecule has 0 aromatic heterocycles. The van der Waals surface area contributed by atoms with Gasteiger partial charge in [-0.15, -0.1) is 0 Å². The lowest BCUT2D eigenvalue weighted by molar-refractivity contribution is 0.0187. The van der Waals surface area contributed by atoms with Crippen LogP contribution in [0.25, 0.3) is 0 Å². The second kappa shape index (κ2) is 8.04. The maximum atomic E-state index is 6.26. The van der Waals surface area contributed by atoms with Crippen LogP contribution in [0.1, 0.15) is 46.0 Å². The van der Waals surface area contributed by atoms with Gasteiger partial charge in [0.05, 0.1) is 6.10 Å². The molecule has 2 unspecified atom stereocenters. The van der Waals surface area contributed by atoms with E-state index in [9.17, 15) is 0 Å². The Morgan fingerprint density at radius 3 is 2.56 bits per heavy atom. The van der Waals surface area contributed by atoms with Crippen LogP contribution in [0.5, 0.6) is 0 Å². The van der Waals surface area contributed by atoms with Crippen LogP contribution >= 0.6 is 0 Å². The number of hydrogen-bond donors (Lipinski definition) is 1. The number of ether oxygens (including phenoxy) is 2. The highest BCUT2D eigenvalue weighted by Crippen LogP contribution is 2.22. The van der Waals surface area contributed by atoms with Crippen LogP contribution in [0.2, 0.25) is 0 Å². The molecule has 2 N–H and O–H groups in total. The van der Waals surface area contributed by atoms with Gasteiger partial charge < -0.3 is 15.2 Å². The Bertz CT molecular complexity index is 163. The summed E-state index contributed by atoms with van der Waals surface area (Å²) in [5.74, 6) is 0.739. The molecule has 0 aromatic rings. The summed E-state index contributed by atoms with van der Waals surface area (Å²) in [6.45, 7) is 6.82. The van der Waals surface area contributed by atoms with E-state index in [1.807, 2.05) is 6.92 Å². The van der Waals surface area contributed by atoms with E-state index in [-0.39, 0.29) is 12.1 Å². The van der Waals surface area contributed by atoms with Crippen LogP contribution < -0.4 is 5.73 Å². The van der Waals surface area contributed by atoms with Crippen LogP contribution in [0.15, 0.2) is 0 Å². The minimum atomic E-state index is 0.197. The highest BCUT2D eigenvalue weighted by Gasteiger charge is 2.22. The summed E-state index contributed by atoms with van der Waals surface area (Å²) in [5.41, 5.74) is 6.26. The summed E-state index contributed by atoms with van der Waals surface area (Å²) < 4.78 is 11.1. The van der Waals surface area contributed by atoms with Crippen LogP contribution in [-0.2, 0) is 9.47 Å². The summed E-state index contributed by atoms with van der Waals surface area (Å²) in [4.78, 5) is 0. The predicted molar refractivity (Wildman–Crippen MR) is 66.5 cm³/mol. The summed E-state index contributed by atoms with van der Waals surface area (Å²) in [6.07, 6.45) is 5.90. The van der Waals surface area contributed by atoms with Crippen molar-refractivity contribution in [3.63, 3.8) is 0 Å². The van der Waals surface area contributed by atoms with Crippen molar-refractivity contribution in [2.24, 2.45) is 11.7 Å². The van der Waals surface area contributed by atoms with E-state index in [1.165, 1.54) is 12.8 Å². The molecule has 2 atom stereocenters. The first-order chi connectivity index (χ1) is 7.77. The molecule has 1 rings (SSSR count). The van der Waals surface area contributed by atoms with Gasteiger partial charge in [-0.25, -0.2) is 0 Å². The smallest absolute Gasteiger partial charge is 0.0725 e. The Morgan fingerprint density at radius 1 is 1.31 bits per heavy atom. The van der Waals surface area contributed by atoms with Gasteiger partial charge in [0.25, 0.3) is 0 Å². The molecule has 1 aliphatic heterocycles. The van der Waals surface area contributed by atoms with Crippen molar-refractivity contribution in [2.45, 2.75) is 58.1 Å². The minimum Gasteiger partial charge on any atom is -0.381 e. The molecule has 1 heterocycles. The van der Waals surface area contributed by atoms with Crippen LogP contribution in [0.3, 0.4) is 0 Å². The van der Waals surface area contributed by atoms with Gasteiger partial charge >= 0.3 is 0 Å². The van der Waals surface area contributed by atoms with E-state index in [4.69, 9.17) is 15.2 Å². The predicted octanol–water partition coefficient (Wildman–Crippen LogP) is 2.34. The third kappa shape index (κ3) is 4.81. The molecule has 96 valence electrons. The summed E-state index contributed by atoms with van der Waals surface area (Å²) >= 11 is 0. The zero-order valence-electron chi connectivity index (χ0n) is 10.8. The third-order valence-corrected chi connectivity index (χ3v) is 3.38. The molecule has 1 fully saturated rings. The Labute approximate surface area is 99.7 Å². The first-order valence-corrected chi connectivity index (χ1v) is 6.72. The molecular formula is C13H27NO2. The van der Waals surface area contributed by atoms with E-state index in [2.05, 4.69) is 6.92 Å². The Hall–Kier alpha value is -0.120. The lowest BCUT2D eigenvalue weighted by Gasteiger charge is -2.29. The minimum absolute atomic E-state index is 0.197. The average molecular weight is 229 g/mol. The van der Waals surface area contributed by atoms with Crippen molar-refractivity contribution in [1.82, 2.24) is 0 Å². The SMILES string of the molecule is CCCC(OCC)C(N)CC1CCOCC1. The van der Waals surface area contributed by atoms with Crippen molar-refractivity contribution in [2.75, 3.05) is 19.8 Å². The van der Waals surface area contributed by atoms with Crippen molar-refractivity contribution >= 4 is 0 Å². The zero-order chi connectivity index (χ0) is 11.8. The molecule has 1 aliphatic rings. The van der Waals surface area contributed by atoms with Crippen LogP contribution in [-0.4, -0.2) is 32.0 Å². The Balaban J connectivity index is 2.31. The van der Waals surface area contributed by atoms with Crippen molar-refractivity contribution in [1.29, 1.82) is 0 Å². The molecule has 0 amide bonds. The number of hydrogen-bond acceptors (Lipinski definition) is 3. The number of rotatable bonds is 7. The normalized spacial score (nSPS) is 21.9. The highest BCUT2D eigenvalue weighted by atomic mass is 16.5. The zero-order valence-corrected chi connectivity index (χ0v) is 10.8. The van der Waals surface area contributed by atoms with Gasteiger partial charge in [-0.1, -0.05) is 13.3 Å². The maximum Gasteiger partial charge on any atom is 0.0725 e. The van der Waals surface area contributed by atoms with E-state index in [1.54, 1.807) is 0 Å². The topological polar surface area (TPSA) is 44.5 Å². The lowest BCUT2D eigenvalue weighted by atomic mass is 9.89. The monoisotopic (exact) mass is 229 g/mol. The van der Waals surface area contributed by atoms with Gasteiger partial charge in [0.1, 0.15) is 0 Å². The molecule has 0 bridgehead atoms. The van der Waals surface area contributed by atoms with E-state index in [0.717, 1.165) is 45.0 Å². The van der Waals surface area contributed by atoms with Crippen molar-refractivity contribution in [3.05, 3.63) is 0 Å². The molecule has 3 nitrogen and oxygen atoms in total. The molecule has 3 heteroatoms. The fraction of sp³-hybridized carbons (Fsp3) is 1.00. The third-order valence-electron chi connectivity index (χ3n) is 3.38. The van der Waals surface area contributed by atoms with Gasteiger partial charge in [0.2, 0.25) is 0 Å². The average Bonchev–Trinajstić information content (AvgIpc) is 2.30. The molecule has 0 spiro atoms. The van der Waals surface area contributed by atoms with Gasteiger partial charge in [-0.2, -0.15) is 0 Å². The van der Waals surface area contributed by atoms with Crippen molar-refractivity contribution < 1.29 is 9.47 Å². The van der Waals surface area contributed by atoms with Gasteiger partial charge in [-0.05, 0) is 38.5 Å². The van der Waals surface area contributed by atoms with Crippen LogP contribution in [0, 0.1) is 5.92 Å². The summed E-state index contributed by atoms with van der Waals surface area (Å²) in [6, 6.07) is 0.197. The Kier molecular flexibility index (Phi) is 7.01. The highest BCUT2D eigenvalue weighted by molar-refractivity contribution is 4.78. The standard InChI is InChI=1S/C13H27NO2/c1-3-5-13(16-4-2)12(14)10-11-6-8-15-9-7-11/h11-13H,3-10,14H2,1-2H3. The fourth-order valence-electron chi connectivity index (χ4n) is 2.44. The molecular weight excluding hydrogens is 202 g/mol. The second-order valence-electron chi connectivity index (χ2n) is 4.74. The largest absolute Gasteiger partial charge is 0.381 e. The quantitative estimate of drug-likeness (QED) is 0.728. The molecule has 0 aliphatic carbocycles. The molecule has 1 saturated heterocycles. The molecule has 16 heavy (non-hydrogen) atoms. The molecule has 0 aromatic carbocycles. The van der Waals surface area contributed by atoms with Gasteiger partial charge in [-0.3, -0.25) is 0 Å². The van der Waals surface area contributed by atoms with Crippen LogP contribution in [0.4, 0.5) is 0 Å².